The normalized spacial score (nSPS) is 12.3. The standard InChI is InChI=1S/C44H29N3S/c1-45-35-19-21-44-40(25-35)37-14-8-9-15-43(37)47(44)36-20-18-33-28-48-27-32-17-16-31(22-38(32)39(33)26-36)34-23-41(29-10-4-2-5-11-29)46-42(24-34)30-12-6-3-7-13-30/h2-26H,27-28H2. The molecule has 1 aliphatic rings. The number of hydrogen-bond acceptors (Lipinski definition) is 2. The zero-order chi connectivity index (χ0) is 32.0. The van der Waals surface area contributed by atoms with E-state index in [0.717, 1.165) is 67.1 Å². The Labute approximate surface area is 284 Å². The number of para-hydroxylation sites is 1. The number of fused-ring (bicyclic) bond motifs is 6. The molecule has 226 valence electrons. The maximum Gasteiger partial charge on any atom is 0.188 e. The van der Waals surface area contributed by atoms with E-state index in [0.29, 0.717) is 5.69 Å². The molecule has 0 fully saturated rings. The second-order valence-electron chi connectivity index (χ2n) is 12.2. The lowest BCUT2D eigenvalue weighted by Gasteiger charge is -2.16. The van der Waals surface area contributed by atoms with E-state index in [4.69, 9.17) is 11.6 Å². The maximum absolute atomic E-state index is 7.60. The number of benzene rings is 6. The van der Waals surface area contributed by atoms with Crippen molar-refractivity contribution < 1.29 is 0 Å². The molecule has 0 amide bonds. The second-order valence-corrected chi connectivity index (χ2v) is 13.2. The SMILES string of the molecule is [C-]#[N+]c1ccc2c(c1)c1ccccc1n2-c1ccc2c(c1)-c1cc(-c3cc(-c4ccccc4)nc(-c4ccccc4)c3)ccc1CSC2. The zero-order valence-electron chi connectivity index (χ0n) is 26.1. The monoisotopic (exact) mass is 631 g/mol. The second kappa shape index (κ2) is 11.7. The lowest BCUT2D eigenvalue weighted by atomic mass is 9.91. The molecule has 0 N–H and O–H groups in total. The fourth-order valence-electron chi connectivity index (χ4n) is 7.00. The van der Waals surface area contributed by atoms with Gasteiger partial charge in [-0.1, -0.05) is 103 Å². The van der Waals surface area contributed by atoms with Crippen LogP contribution in [0.1, 0.15) is 11.1 Å². The molecule has 4 heteroatoms. The van der Waals surface area contributed by atoms with Crippen molar-refractivity contribution in [3.63, 3.8) is 0 Å². The molecule has 2 aromatic heterocycles. The minimum Gasteiger partial charge on any atom is -0.309 e. The van der Waals surface area contributed by atoms with Crippen LogP contribution in [0.5, 0.6) is 0 Å². The summed E-state index contributed by atoms with van der Waals surface area (Å²) in [6.45, 7) is 7.60. The van der Waals surface area contributed by atoms with Gasteiger partial charge in [0.15, 0.2) is 5.69 Å². The summed E-state index contributed by atoms with van der Waals surface area (Å²) in [5, 5.41) is 2.26. The predicted molar refractivity (Wildman–Crippen MR) is 202 cm³/mol. The van der Waals surface area contributed by atoms with Crippen molar-refractivity contribution in [2.75, 3.05) is 0 Å². The van der Waals surface area contributed by atoms with E-state index in [2.05, 4.69) is 137 Å². The van der Waals surface area contributed by atoms with E-state index in [1.165, 1.54) is 27.8 Å². The Hall–Kier alpha value is -5.89. The predicted octanol–water partition coefficient (Wildman–Crippen LogP) is 12.1. The summed E-state index contributed by atoms with van der Waals surface area (Å²) < 4.78 is 2.35. The number of nitrogens with zero attached hydrogens (tertiary/aromatic N) is 3. The molecule has 0 saturated carbocycles. The van der Waals surface area contributed by atoms with Crippen LogP contribution in [0.3, 0.4) is 0 Å². The van der Waals surface area contributed by atoms with Gasteiger partial charge in [-0.3, -0.25) is 0 Å². The van der Waals surface area contributed by atoms with Gasteiger partial charge in [0, 0.05) is 33.7 Å². The van der Waals surface area contributed by atoms with E-state index in [1.54, 1.807) is 0 Å². The van der Waals surface area contributed by atoms with E-state index >= 15 is 0 Å². The molecule has 0 bridgehead atoms. The third-order valence-corrected chi connectivity index (χ3v) is 10.4. The Morgan fingerprint density at radius 3 is 1.85 bits per heavy atom. The van der Waals surface area contributed by atoms with Gasteiger partial charge in [-0.2, -0.15) is 11.8 Å². The third kappa shape index (κ3) is 4.88. The van der Waals surface area contributed by atoms with Crippen LogP contribution in [0.4, 0.5) is 5.69 Å². The fourth-order valence-corrected chi connectivity index (χ4v) is 8.05. The van der Waals surface area contributed by atoms with Gasteiger partial charge >= 0.3 is 0 Å². The Kier molecular flexibility index (Phi) is 6.92. The van der Waals surface area contributed by atoms with E-state index in [9.17, 15) is 0 Å². The fraction of sp³-hybridized carbons (Fsp3) is 0.0455. The molecule has 0 unspecified atom stereocenters. The number of thioether (sulfide) groups is 1. The summed E-state index contributed by atoms with van der Waals surface area (Å²) in [6, 6.07) is 53.8. The molecule has 6 aromatic carbocycles. The Morgan fingerprint density at radius 2 is 1.15 bits per heavy atom. The number of pyridine rings is 1. The van der Waals surface area contributed by atoms with Gasteiger partial charge in [0.05, 0.1) is 29.0 Å². The zero-order valence-corrected chi connectivity index (χ0v) is 26.9. The average molecular weight is 632 g/mol. The topological polar surface area (TPSA) is 22.2 Å². The molecule has 0 spiro atoms. The molecule has 1 aliphatic heterocycles. The molecule has 3 heterocycles. The van der Waals surface area contributed by atoms with Crippen LogP contribution in [-0.2, 0) is 11.5 Å². The van der Waals surface area contributed by atoms with Gasteiger partial charge in [0.2, 0.25) is 0 Å². The van der Waals surface area contributed by atoms with Crippen molar-refractivity contribution >= 4 is 39.3 Å². The summed E-state index contributed by atoms with van der Waals surface area (Å²) in [4.78, 5) is 8.83. The molecule has 0 saturated heterocycles. The summed E-state index contributed by atoms with van der Waals surface area (Å²) in [5.74, 6) is 1.93. The first-order valence-electron chi connectivity index (χ1n) is 16.1. The number of hydrogen-bond donors (Lipinski definition) is 0. The summed E-state index contributed by atoms with van der Waals surface area (Å²) >= 11 is 1.97. The quantitative estimate of drug-likeness (QED) is 0.180. The highest BCUT2D eigenvalue weighted by atomic mass is 32.2. The van der Waals surface area contributed by atoms with Gasteiger partial charge in [0.25, 0.3) is 0 Å². The van der Waals surface area contributed by atoms with Crippen molar-refractivity contribution in [1.29, 1.82) is 0 Å². The molecule has 3 nitrogen and oxygen atoms in total. The van der Waals surface area contributed by atoms with Crippen molar-refractivity contribution in [2.24, 2.45) is 0 Å². The van der Waals surface area contributed by atoms with E-state index in [-0.39, 0.29) is 0 Å². The lowest BCUT2D eigenvalue weighted by Crippen LogP contribution is -1.97. The molecule has 9 rings (SSSR count). The van der Waals surface area contributed by atoms with Gasteiger partial charge < -0.3 is 4.57 Å². The van der Waals surface area contributed by atoms with Gasteiger partial charge in [-0.05, 0) is 87.3 Å². The van der Waals surface area contributed by atoms with Crippen LogP contribution in [0.15, 0.2) is 152 Å². The average Bonchev–Trinajstić information content (AvgIpc) is 3.37. The maximum atomic E-state index is 7.60. The molecular formula is C44H29N3S. The van der Waals surface area contributed by atoms with Crippen LogP contribution in [0.2, 0.25) is 0 Å². The van der Waals surface area contributed by atoms with Gasteiger partial charge in [0.1, 0.15) is 0 Å². The number of aromatic nitrogens is 2. The van der Waals surface area contributed by atoms with Crippen molar-refractivity contribution in [2.45, 2.75) is 11.5 Å². The Bertz CT molecular complexity index is 2480. The highest BCUT2D eigenvalue weighted by molar-refractivity contribution is 7.97. The summed E-state index contributed by atoms with van der Waals surface area (Å²) in [7, 11) is 0. The number of rotatable bonds is 4. The first kappa shape index (κ1) is 28.3. The molecule has 0 atom stereocenters. The highest BCUT2D eigenvalue weighted by Crippen LogP contribution is 2.42. The lowest BCUT2D eigenvalue weighted by molar-refractivity contribution is 1.17. The van der Waals surface area contributed by atoms with Gasteiger partial charge in [-0.15, -0.1) is 0 Å². The minimum absolute atomic E-state index is 0.660. The third-order valence-electron chi connectivity index (χ3n) is 9.35. The smallest absolute Gasteiger partial charge is 0.188 e. The van der Waals surface area contributed by atoms with Crippen LogP contribution >= 0.6 is 11.8 Å². The van der Waals surface area contributed by atoms with Gasteiger partial charge in [-0.25, -0.2) is 9.83 Å². The molecule has 48 heavy (non-hydrogen) atoms. The van der Waals surface area contributed by atoms with Crippen LogP contribution in [0, 0.1) is 6.57 Å². The van der Waals surface area contributed by atoms with Crippen molar-refractivity contribution in [3.8, 4) is 50.5 Å². The van der Waals surface area contributed by atoms with Crippen LogP contribution in [-0.4, -0.2) is 9.55 Å². The minimum atomic E-state index is 0.660. The van der Waals surface area contributed by atoms with Crippen molar-refractivity contribution in [1.82, 2.24) is 9.55 Å². The first-order valence-corrected chi connectivity index (χ1v) is 17.3. The van der Waals surface area contributed by atoms with E-state index in [1.807, 2.05) is 36.0 Å². The Morgan fingerprint density at radius 1 is 0.521 bits per heavy atom. The Balaban J connectivity index is 1.23. The molecule has 8 aromatic rings. The van der Waals surface area contributed by atoms with E-state index < -0.39 is 0 Å². The highest BCUT2D eigenvalue weighted by Gasteiger charge is 2.19. The molecule has 0 aliphatic carbocycles. The first-order chi connectivity index (χ1) is 23.7. The van der Waals surface area contributed by atoms with Crippen molar-refractivity contribution in [3.05, 3.63) is 174 Å². The summed E-state index contributed by atoms with van der Waals surface area (Å²) in [5.41, 5.74) is 15.8. The summed E-state index contributed by atoms with van der Waals surface area (Å²) in [6.07, 6.45) is 0. The molecular weight excluding hydrogens is 603 g/mol. The molecule has 0 radical (unpaired) electrons. The largest absolute Gasteiger partial charge is 0.309 e. The van der Waals surface area contributed by atoms with Crippen LogP contribution in [0.25, 0.3) is 77.1 Å². The van der Waals surface area contributed by atoms with Crippen LogP contribution < -0.4 is 0 Å².